The molecule has 0 fully saturated rings. The third-order valence-corrected chi connectivity index (χ3v) is 3.44. The molecule has 0 unspecified atom stereocenters. The molecule has 2 atom stereocenters. The van der Waals surface area contributed by atoms with Gasteiger partial charge in [-0.15, -0.1) is 0 Å². The lowest BCUT2D eigenvalue weighted by Gasteiger charge is -2.12. The number of hydrogen-bond donors (Lipinski definition) is 3. The van der Waals surface area contributed by atoms with Crippen LogP contribution >= 0.6 is 31.9 Å². The van der Waals surface area contributed by atoms with Gasteiger partial charge in [0.05, 0.1) is 12.2 Å². The molecule has 0 aromatic rings. The molecular weight excluding hydrogens is 416 g/mol. The third-order valence-electron chi connectivity index (χ3n) is 2.59. The highest BCUT2D eigenvalue weighted by Gasteiger charge is 2.11. The van der Waals surface area contributed by atoms with Crippen molar-refractivity contribution < 1.29 is 20.1 Å². The van der Waals surface area contributed by atoms with Gasteiger partial charge < -0.3 is 15.3 Å². The SMILES string of the molecule is O=C(O)CCCC#CC=C[C@H](O)[C@@H](O)CCC=C(Br)C=CBr. The normalized spacial score (nSPS) is 14.8. The molecule has 0 saturated carbocycles. The number of halogens is 2. The van der Waals surface area contributed by atoms with Gasteiger partial charge in [0.25, 0.3) is 0 Å². The second-order valence-corrected chi connectivity index (χ2v) is 5.89. The summed E-state index contributed by atoms with van der Waals surface area (Å²) < 4.78 is 0.897. The van der Waals surface area contributed by atoms with Crippen molar-refractivity contribution >= 4 is 37.8 Å². The van der Waals surface area contributed by atoms with Crippen LogP contribution in [0.15, 0.2) is 33.8 Å². The molecule has 0 aliphatic heterocycles. The summed E-state index contributed by atoms with van der Waals surface area (Å²) in [5, 5.41) is 28.0. The Labute approximate surface area is 147 Å². The average Bonchev–Trinajstić information content (AvgIpc) is 2.45. The predicted molar refractivity (Wildman–Crippen MR) is 94.7 cm³/mol. The van der Waals surface area contributed by atoms with Crippen LogP contribution in [0.5, 0.6) is 0 Å². The van der Waals surface area contributed by atoms with Crippen LogP contribution in [0.3, 0.4) is 0 Å². The first-order valence-electron chi connectivity index (χ1n) is 6.82. The van der Waals surface area contributed by atoms with Crippen molar-refractivity contribution in [2.45, 2.75) is 44.3 Å². The number of unbranched alkanes of at least 4 members (excludes halogenated alkanes) is 1. The first kappa shape index (κ1) is 21.1. The minimum atomic E-state index is -0.966. The zero-order valence-electron chi connectivity index (χ0n) is 12.1. The largest absolute Gasteiger partial charge is 0.481 e. The summed E-state index contributed by atoms with van der Waals surface area (Å²) in [6.45, 7) is 0. The molecule has 0 rings (SSSR count). The fraction of sp³-hybridized carbons (Fsp3) is 0.438. The van der Waals surface area contributed by atoms with Crippen LogP contribution in [0, 0.1) is 11.8 Å². The molecule has 0 heterocycles. The van der Waals surface area contributed by atoms with Gasteiger partial charge in [-0.05, 0) is 42.5 Å². The van der Waals surface area contributed by atoms with E-state index in [4.69, 9.17) is 5.11 Å². The van der Waals surface area contributed by atoms with Crippen molar-refractivity contribution in [3.05, 3.63) is 33.8 Å². The average molecular weight is 436 g/mol. The minimum Gasteiger partial charge on any atom is -0.481 e. The molecule has 22 heavy (non-hydrogen) atoms. The molecule has 0 aromatic carbocycles. The van der Waals surface area contributed by atoms with Gasteiger partial charge in [0.1, 0.15) is 0 Å². The zero-order valence-corrected chi connectivity index (χ0v) is 15.3. The van der Waals surface area contributed by atoms with Crippen LogP contribution in [0.25, 0.3) is 0 Å². The van der Waals surface area contributed by atoms with Crippen LogP contribution in [0.2, 0.25) is 0 Å². The molecule has 0 saturated heterocycles. The van der Waals surface area contributed by atoms with Crippen LogP contribution in [0.4, 0.5) is 0 Å². The Morgan fingerprint density at radius 1 is 1.32 bits per heavy atom. The van der Waals surface area contributed by atoms with Gasteiger partial charge in [-0.1, -0.05) is 49.8 Å². The molecule has 0 aromatic heterocycles. The summed E-state index contributed by atoms with van der Waals surface area (Å²) in [6.07, 6.45) is 6.99. The lowest BCUT2D eigenvalue weighted by molar-refractivity contribution is -0.137. The van der Waals surface area contributed by atoms with Crippen molar-refractivity contribution in [3.8, 4) is 11.8 Å². The highest BCUT2D eigenvalue weighted by Crippen LogP contribution is 2.12. The van der Waals surface area contributed by atoms with E-state index in [1.54, 1.807) is 4.99 Å². The Hall–Kier alpha value is -0.870. The maximum Gasteiger partial charge on any atom is 0.303 e. The van der Waals surface area contributed by atoms with E-state index in [0.29, 0.717) is 25.7 Å². The summed E-state index contributed by atoms with van der Waals surface area (Å²) in [4.78, 5) is 12.0. The van der Waals surface area contributed by atoms with Crippen LogP contribution in [0.1, 0.15) is 32.1 Å². The van der Waals surface area contributed by atoms with E-state index < -0.39 is 18.2 Å². The Balaban J connectivity index is 4.01. The molecule has 0 amide bonds. The highest BCUT2D eigenvalue weighted by molar-refractivity contribution is 9.12. The Morgan fingerprint density at radius 2 is 2.05 bits per heavy atom. The van der Waals surface area contributed by atoms with Gasteiger partial charge in [0.2, 0.25) is 0 Å². The molecule has 0 radical (unpaired) electrons. The van der Waals surface area contributed by atoms with E-state index in [2.05, 4.69) is 43.7 Å². The monoisotopic (exact) mass is 434 g/mol. The van der Waals surface area contributed by atoms with Crippen molar-refractivity contribution in [1.82, 2.24) is 0 Å². The molecule has 0 aliphatic rings. The summed E-state index contributed by atoms with van der Waals surface area (Å²) in [5.74, 6) is 4.66. The first-order valence-corrected chi connectivity index (χ1v) is 8.53. The number of rotatable bonds is 9. The molecule has 0 bridgehead atoms. The fourth-order valence-electron chi connectivity index (χ4n) is 1.43. The molecule has 6 heteroatoms. The predicted octanol–water partition coefficient (Wildman–Crippen LogP) is 3.49. The Bertz CT molecular complexity index is 472. The summed E-state index contributed by atoms with van der Waals surface area (Å²) >= 11 is 6.50. The van der Waals surface area contributed by atoms with E-state index in [1.807, 2.05) is 12.2 Å². The van der Waals surface area contributed by atoms with Crippen LogP contribution < -0.4 is 0 Å². The summed E-state index contributed by atoms with van der Waals surface area (Å²) in [6, 6.07) is 0. The molecule has 3 N–H and O–H groups in total. The van der Waals surface area contributed by atoms with E-state index in [-0.39, 0.29) is 6.42 Å². The van der Waals surface area contributed by atoms with E-state index >= 15 is 0 Å². The number of aliphatic hydroxyl groups is 2. The van der Waals surface area contributed by atoms with Gasteiger partial charge in [-0.2, -0.15) is 0 Å². The summed E-state index contributed by atoms with van der Waals surface area (Å²) in [5.41, 5.74) is 0. The topological polar surface area (TPSA) is 77.8 Å². The minimum absolute atomic E-state index is 0.104. The van der Waals surface area contributed by atoms with Gasteiger partial charge >= 0.3 is 5.97 Å². The molecule has 4 nitrogen and oxygen atoms in total. The van der Waals surface area contributed by atoms with Gasteiger partial charge in [-0.3, -0.25) is 4.79 Å². The molecule has 0 spiro atoms. The van der Waals surface area contributed by atoms with Crippen LogP contribution in [-0.4, -0.2) is 33.5 Å². The van der Waals surface area contributed by atoms with Crippen molar-refractivity contribution in [2.24, 2.45) is 0 Å². The van der Waals surface area contributed by atoms with Gasteiger partial charge in [0.15, 0.2) is 0 Å². The lowest BCUT2D eigenvalue weighted by Crippen LogP contribution is -2.23. The standard InChI is InChI=1S/C16H20Br2O4/c17-12-11-13(18)7-6-9-15(20)14(19)8-4-2-1-3-5-10-16(21)22/h4,7-8,11-12,14-15,19-20H,3,5-6,9-10H2,(H,21,22)/t14-,15-/m0/s1. The van der Waals surface area contributed by atoms with E-state index in [0.717, 1.165) is 4.48 Å². The number of carboxylic acid groups (broad SMARTS) is 1. The Morgan fingerprint density at radius 3 is 2.68 bits per heavy atom. The molecule has 122 valence electrons. The number of allylic oxidation sites excluding steroid dienone is 4. The lowest BCUT2D eigenvalue weighted by atomic mass is 10.1. The summed E-state index contributed by atoms with van der Waals surface area (Å²) in [7, 11) is 0. The number of aliphatic hydroxyl groups excluding tert-OH is 2. The number of hydrogen-bond acceptors (Lipinski definition) is 3. The smallest absolute Gasteiger partial charge is 0.303 e. The van der Waals surface area contributed by atoms with Gasteiger partial charge in [0, 0.05) is 17.3 Å². The van der Waals surface area contributed by atoms with Gasteiger partial charge in [-0.25, -0.2) is 0 Å². The first-order chi connectivity index (χ1) is 10.5. The second kappa shape index (κ2) is 13.8. The zero-order chi connectivity index (χ0) is 16.8. The third kappa shape index (κ3) is 12.8. The quantitative estimate of drug-likeness (QED) is 0.294. The fourth-order valence-corrected chi connectivity index (χ4v) is 2.43. The van der Waals surface area contributed by atoms with Crippen molar-refractivity contribution in [1.29, 1.82) is 0 Å². The van der Waals surface area contributed by atoms with Crippen LogP contribution in [-0.2, 0) is 4.79 Å². The molecular formula is C16H20Br2O4. The highest BCUT2D eigenvalue weighted by atomic mass is 79.9. The maximum atomic E-state index is 10.3. The van der Waals surface area contributed by atoms with E-state index in [1.165, 1.54) is 12.2 Å². The number of carboxylic acids is 1. The number of carbonyl (C=O) groups is 1. The second-order valence-electron chi connectivity index (χ2n) is 4.44. The maximum absolute atomic E-state index is 10.3. The molecule has 0 aliphatic carbocycles. The Kier molecular flexibility index (Phi) is 13.2. The van der Waals surface area contributed by atoms with Crippen molar-refractivity contribution in [2.75, 3.05) is 0 Å². The van der Waals surface area contributed by atoms with E-state index in [9.17, 15) is 15.0 Å². The number of aliphatic carboxylic acids is 1. The van der Waals surface area contributed by atoms with Crippen molar-refractivity contribution in [3.63, 3.8) is 0 Å².